The molecule has 0 unspecified atom stereocenters. The molecule has 0 aromatic heterocycles. The van der Waals surface area contributed by atoms with Crippen molar-refractivity contribution in [1.29, 1.82) is 0 Å². The van der Waals surface area contributed by atoms with Gasteiger partial charge >= 0.3 is 265 Å². The van der Waals surface area contributed by atoms with Crippen molar-refractivity contribution >= 4 is 274 Å². The molecule has 0 bridgehead atoms. The Hall–Kier alpha value is 5.66. The number of hydrogen-bond acceptors (Lipinski definition) is 32. The highest BCUT2D eigenvalue weighted by atomic mass is 28.6. The topological polar surface area (TPSA) is 295 Å². The Balaban J connectivity index is 5.98. The van der Waals surface area contributed by atoms with Crippen LogP contribution in [0.3, 0.4) is 0 Å². The average molecular weight is 2390 g/mol. The summed E-state index contributed by atoms with van der Waals surface area (Å²) >= 11 is 0. The highest BCUT2D eigenvalue weighted by molar-refractivity contribution is 6.99. The first-order valence-electron chi connectivity index (χ1n) is 45.5. The van der Waals surface area contributed by atoms with Crippen LogP contribution >= 0.6 is 0 Å². The second-order valence-corrected chi connectivity index (χ2v) is 163. The molecule has 0 aliphatic rings. The van der Waals surface area contributed by atoms with Crippen LogP contribution < -0.4 is 0 Å². The Bertz CT molecular complexity index is 3330. The predicted molar refractivity (Wildman–Crippen MR) is 601 cm³/mol. The molecule has 0 heterocycles. The second kappa shape index (κ2) is 45.8. The first-order valence-corrected chi connectivity index (χ1v) is 136. The summed E-state index contributed by atoms with van der Waals surface area (Å²) in [5.41, 5.74) is 0. The summed E-state index contributed by atoms with van der Waals surface area (Å²) in [5, 5.41) is 0. The van der Waals surface area contributed by atoms with Gasteiger partial charge < -0.3 is 132 Å². The summed E-state index contributed by atoms with van der Waals surface area (Å²) in [7, 11) is -87.5. The van der Waals surface area contributed by atoms with E-state index in [1.165, 1.54) is 0 Å². The van der Waals surface area contributed by atoms with Crippen molar-refractivity contribution in [3.05, 3.63) is 0 Å². The van der Waals surface area contributed by atoms with Gasteiger partial charge in [-0.25, -0.2) is 0 Å². The molecule has 0 fully saturated rings. The summed E-state index contributed by atoms with van der Waals surface area (Å²) in [5.74, 6) is 0. The SMILES string of the molecule is CO[Si](C)(C)O[Si](C)(C)O[Si](C)(C)O[Si](C)(C)O[Si](C)(C)O[Si](C)(C)O[Si](C)(C)O[Si](C)(C)O[Si](C)(C)O[Si](C)(C)O[Si](C)(C)O[Si](C)(C)O[Si](C)(C)O[Si](C)(C)O[Si](C)(C)O[Si](C)(C)O[Si](C)(C)O[Si](C)(C)O[Si](C)(C)O[Si](C)(C)O[Si](C)(C)O[Si](C)(C)O[Si](C)(C)O[Si](C)(C)O[Si](C)(C)O[Si](C)(C)O[Si](C)(C)O[Si](C)(C)O[Si](C)(C)O[Si](C)(C)O[Si](C)(C)O[SiH](C)C. The van der Waals surface area contributed by atoms with Gasteiger partial charge in [0.1, 0.15) is 0 Å². The van der Waals surface area contributed by atoms with E-state index >= 15 is 0 Å². The van der Waals surface area contributed by atoms with Crippen molar-refractivity contribution in [3.8, 4) is 0 Å². The lowest BCUT2D eigenvalue weighted by Crippen LogP contribution is -2.63. The van der Waals surface area contributed by atoms with E-state index in [0.29, 0.717) is 0 Å². The molecule has 0 saturated carbocycles. The van der Waals surface area contributed by atoms with Gasteiger partial charge in [-0.05, 0) is 419 Å². The molecule has 64 heteroatoms. The van der Waals surface area contributed by atoms with Gasteiger partial charge in [-0.3, -0.25) is 0 Å². The first-order chi connectivity index (χ1) is 55.2. The molecule has 0 spiro atoms. The maximum atomic E-state index is 7.04. The van der Waals surface area contributed by atoms with Gasteiger partial charge in [0.05, 0.1) is 0 Å². The monoisotopic (exact) mass is 2380 g/mol. The lowest BCUT2D eigenvalue weighted by molar-refractivity contribution is 0.240. The minimum Gasteiger partial charge on any atom is -0.440 e. The fraction of sp³-hybridized carbons (Fsp3) is 1.00. The molecule has 0 rings (SSSR count). The Morgan fingerprint density at radius 3 is 0.202 bits per heavy atom. The fourth-order valence-electron chi connectivity index (χ4n) is 19.0. The van der Waals surface area contributed by atoms with Gasteiger partial charge in [-0.1, -0.05) is 0 Å². The molecule has 0 aromatic carbocycles. The molecule has 0 aliphatic heterocycles. The molecule has 32 nitrogen and oxygen atoms in total. The standard InChI is InChI=1S/C65H196O32Si32/c1-66-99(4,5)68-101(8,9)70-103(12,13)72-105(16,17)74-107(20,21)76-109(24,25)78-111(28,29)80-113(32,33)82-115(36,37)84-117(40,41)86-119(44,45)88-121(48,49)90-123(52,53)92-125(56,57)94-127(60,61)96-129(64,65)97-128(62,63)95-126(58,59)93-124(54,55)91-122(50,51)89-120(46,47)87-118(42,43)85-116(38,39)83-114(34,35)81-112(30,31)79-110(26,27)77-108(22,23)75-106(18,19)73-104(14,15)71-102(10,11)69-100(6,7)67-98(2)3/h98H,1-65H3. The number of hydrogen-bond donors (Lipinski definition) is 0. The quantitative estimate of drug-likeness (QED) is 0.0511. The summed E-state index contributed by atoms with van der Waals surface area (Å²) in [4.78, 5) is 0. The van der Waals surface area contributed by atoms with E-state index in [9.17, 15) is 0 Å². The lowest BCUT2D eigenvalue weighted by Gasteiger charge is -2.45. The fourth-order valence-corrected chi connectivity index (χ4v) is 182. The molecule has 129 heavy (non-hydrogen) atoms. The van der Waals surface area contributed by atoms with Gasteiger partial charge in [0, 0.05) is 7.11 Å². The van der Waals surface area contributed by atoms with Crippen LogP contribution in [0.1, 0.15) is 0 Å². The van der Waals surface area contributed by atoms with E-state index in [2.05, 4.69) is 380 Å². The van der Waals surface area contributed by atoms with Gasteiger partial charge in [0.2, 0.25) is 0 Å². The van der Waals surface area contributed by atoms with Gasteiger partial charge in [0.25, 0.3) is 0 Å². The maximum absolute atomic E-state index is 7.04. The Kier molecular flexibility index (Phi) is 47.8. The van der Waals surface area contributed by atoms with E-state index in [-0.39, 0.29) is 0 Å². The third-order valence-electron chi connectivity index (χ3n) is 15.8. The second-order valence-electron chi connectivity index (χ2n) is 47.8. The largest absolute Gasteiger partial charge is 0.440 e. The van der Waals surface area contributed by atoms with E-state index < -0.39 is 274 Å². The van der Waals surface area contributed by atoms with Crippen LogP contribution in [0.4, 0.5) is 0 Å². The molecule has 0 amide bonds. The van der Waals surface area contributed by atoms with E-state index in [1.807, 2.05) is 39.3 Å². The van der Waals surface area contributed by atoms with Crippen molar-refractivity contribution in [2.75, 3.05) is 7.11 Å². The Morgan fingerprint density at radius 2 is 0.147 bits per heavy atom. The minimum atomic E-state index is -2.95. The zero-order valence-electron chi connectivity index (χ0n) is 94.1. The van der Waals surface area contributed by atoms with Crippen molar-refractivity contribution in [1.82, 2.24) is 0 Å². The molecule has 0 N–H and O–H groups in total. The normalized spacial score (nSPS) is 16.2. The molecular weight excluding hydrogens is 2190 g/mol. The van der Waals surface area contributed by atoms with Crippen molar-refractivity contribution < 1.29 is 132 Å². The van der Waals surface area contributed by atoms with Crippen LogP contribution in [0.5, 0.6) is 0 Å². The van der Waals surface area contributed by atoms with E-state index in [4.69, 9.17) is 132 Å². The highest BCUT2D eigenvalue weighted by Gasteiger charge is 2.59. The molecule has 0 aromatic rings. The van der Waals surface area contributed by atoms with E-state index in [1.54, 1.807) is 7.11 Å². The van der Waals surface area contributed by atoms with E-state index in [0.717, 1.165) is 0 Å². The van der Waals surface area contributed by atoms with Gasteiger partial charge in [0.15, 0.2) is 9.04 Å². The highest BCUT2D eigenvalue weighted by Crippen LogP contribution is 2.39. The predicted octanol–water partition coefficient (Wildman–Crippen LogP) is 22.9. The summed E-state index contributed by atoms with van der Waals surface area (Å²) in [6.45, 7) is 132. The third kappa shape index (κ3) is 61.8. The zero-order chi connectivity index (χ0) is 104. The molecule has 0 atom stereocenters. The third-order valence-corrected chi connectivity index (χ3v) is 139. The summed E-state index contributed by atoms with van der Waals surface area (Å²) < 4.78 is 220. The number of rotatable bonds is 63. The minimum absolute atomic E-state index is 1.29. The molecule has 0 radical (unpaired) electrons. The molecule has 0 aliphatic carbocycles. The van der Waals surface area contributed by atoms with Gasteiger partial charge in [-0.15, -0.1) is 0 Å². The van der Waals surface area contributed by atoms with Crippen LogP contribution in [-0.2, 0) is 132 Å². The van der Waals surface area contributed by atoms with Crippen LogP contribution in [0, 0.1) is 0 Å². The van der Waals surface area contributed by atoms with Crippen LogP contribution in [0.2, 0.25) is 419 Å². The molecule has 0 saturated heterocycles. The van der Waals surface area contributed by atoms with Crippen LogP contribution in [0.15, 0.2) is 0 Å². The Morgan fingerprint density at radius 1 is 0.0930 bits per heavy atom. The summed E-state index contributed by atoms with van der Waals surface area (Å²) in [6, 6.07) is 0. The summed E-state index contributed by atoms with van der Waals surface area (Å²) in [6.07, 6.45) is 0. The van der Waals surface area contributed by atoms with Crippen LogP contribution in [-0.4, -0.2) is 282 Å². The van der Waals surface area contributed by atoms with Crippen LogP contribution in [0.25, 0.3) is 0 Å². The maximum Gasteiger partial charge on any atom is 0.322 e. The van der Waals surface area contributed by atoms with Crippen molar-refractivity contribution in [3.63, 3.8) is 0 Å². The molecule has 776 valence electrons. The lowest BCUT2D eigenvalue weighted by atomic mass is 11.8. The zero-order valence-corrected chi connectivity index (χ0v) is 126. The Labute approximate surface area is 824 Å². The smallest absolute Gasteiger partial charge is 0.322 e. The van der Waals surface area contributed by atoms with Gasteiger partial charge in [-0.2, -0.15) is 0 Å². The molecular formula is C65H196O32Si32. The van der Waals surface area contributed by atoms with Crippen molar-refractivity contribution in [2.24, 2.45) is 0 Å². The first kappa shape index (κ1) is 135. The average Bonchev–Trinajstić information content (AvgIpc) is 0.793. The van der Waals surface area contributed by atoms with Crippen molar-refractivity contribution in [2.45, 2.75) is 419 Å².